The minimum atomic E-state index is -0.960. The Balaban J connectivity index is 1.85. The maximum absolute atomic E-state index is 12.0. The van der Waals surface area contributed by atoms with Gasteiger partial charge in [-0.05, 0) is 70.8 Å². The first-order chi connectivity index (χ1) is 11.6. The molecule has 2 N–H and O–H groups in total. The van der Waals surface area contributed by atoms with Crippen LogP contribution in [0, 0.1) is 5.92 Å². The Kier molecular flexibility index (Phi) is 5.04. The van der Waals surface area contributed by atoms with Crippen LogP contribution >= 0.6 is 0 Å². The number of hydrogen-bond donors (Lipinski definition) is 2. The minimum Gasteiger partial charge on any atom is -0.454 e. The molecule has 142 valence electrons. The van der Waals surface area contributed by atoms with Gasteiger partial charge in [-0.3, -0.25) is 0 Å². The van der Waals surface area contributed by atoms with Gasteiger partial charge in [-0.15, -0.1) is 0 Å². The van der Waals surface area contributed by atoms with Crippen molar-refractivity contribution in [3.05, 3.63) is 11.1 Å². The van der Waals surface area contributed by atoms with Crippen molar-refractivity contribution in [3.63, 3.8) is 0 Å². The predicted octanol–water partition coefficient (Wildman–Crippen LogP) is 2.88. The Morgan fingerprint density at radius 3 is 2.56 bits per heavy atom. The third-order valence-corrected chi connectivity index (χ3v) is 6.47. The summed E-state index contributed by atoms with van der Waals surface area (Å²) in [5, 5.41) is 21.5. The van der Waals surface area contributed by atoms with Gasteiger partial charge in [-0.2, -0.15) is 0 Å². The molecule has 3 aliphatic rings. The van der Waals surface area contributed by atoms with Gasteiger partial charge in [0.2, 0.25) is 0 Å². The first-order valence-electron chi connectivity index (χ1n) is 9.60. The Hall–Kier alpha value is -0.910. The fourth-order valence-electron chi connectivity index (χ4n) is 4.51. The number of rotatable bonds is 0. The second-order valence-electron chi connectivity index (χ2n) is 8.86. The first-order valence-corrected chi connectivity index (χ1v) is 9.60. The van der Waals surface area contributed by atoms with Crippen LogP contribution in [0.25, 0.3) is 0 Å². The molecule has 3 rings (SSSR count). The second kappa shape index (κ2) is 6.67. The molecule has 3 heterocycles. The highest BCUT2D eigenvalue weighted by atomic mass is 16.5. The van der Waals surface area contributed by atoms with Crippen LogP contribution < -0.4 is 0 Å². The lowest BCUT2D eigenvalue weighted by Crippen LogP contribution is -2.50. The van der Waals surface area contributed by atoms with Gasteiger partial charge >= 0.3 is 5.97 Å². The minimum absolute atomic E-state index is 0.118. The molecule has 2 fully saturated rings. The molecule has 2 bridgehead atoms. The van der Waals surface area contributed by atoms with E-state index in [2.05, 4.69) is 6.92 Å². The summed E-state index contributed by atoms with van der Waals surface area (Å²) in [7, 11) is 0. The van der Waals surface area contributed by atoms with E-state index in [1.807, 2.05) is 13.8 Å². The SMILES string of the molecule is CC1=C2CC[C@H](C)[C@H]3CC[C@@](C)(O)[C@@H](CC[C@@](C)(O)C[C@@H]2OC1=O)O3. The Bertz CT molecular complexity index is 562. The molecule has 3 aliphatic heterocycles. The number of ether oxygens (including phenoxy) is 2. The average molecular weight is 352 g/mol. The molecule has 0 saturated carbocycles. The topological polar surface area (TPSA) is 76.0 Å². The van der Waals surface area contributed by atoms with Crippen LogP contribution in [0.4, 0.5) is 0 Å². The third-order valence-electron chi connectivity index (χ3n) is 6.47. The van der Waals surface area contributed by atoms with E-state index in [1.165, 1.54) is 0 Å². The second-order valence-corrected chi connectivity index (χ2v) is 8.86. The zero-order valence-corrected chi connectivity index (χ0v) is 15.9. The zero-order valence-electron chi connectivity index (χ0n) is 15.9. The molecule has 0 aromatic carbocycles. The highest BCUT2D eigenvalue weighted by Crippen LogP contribution is 2.40. The van der Waals surface area contributed by atoms with Gasteiger partial charge in [-0.1, -0.05) is 6.92 Å². The monoisotopic (exact) mass is 352 g/mol. The van der Waals surface area contributed by atoms with Crippen LogP contribution in [-0.4, -0.2) is 45.7 Å². The maximum atomic E-state index is 12.0. The lowest BCUT2D eigenvalue weighted by Gasteiger charge is -2.44. The molecule has 6 atom stereocenters. The van der Waals surface area contributed by atoms with Crippen molar-refractivity contribution in [2.75, 3.05) is 0 Å². The van der Waals surface area contributed by atoms with E-state index in [0.717, 1.165) is 31.3 Å². The molecular formula is C20H32O5. The molecule has 25 heavy (non-hydrogen) atoms. The van der Waals surface area contributed by atoms with E-state index in [0.29, 0.717) is 30.8 Å². The Labute approximate surface area is 150 Å². The number of esters is 1. The number of aliphatic hydroxyl groups is 2. The van der Waals surface area contributed by atoms with E-state index >= 15 is 0 Å². The van der Waals surface area contributed by atoms with Crippen molar-refractivity contribution in [1.29, 1.82) is 0 Å². The Morgan fingerprint density at radius 1 is 1.12 bits per heavy atom. The summed E-state index contributed by atoms with van der Waals surface area (Å²) in [5.74, 6) is 0.103. The van der Waals surface area contributed by atoms with E-state index in [4.69, 9.17) is 9.47 Å². The lowest BCUT2D eigenvalue weighted by atomic mass is 9.78. The van der Waals surface area contributed by atoms with Crippen LogP contribution in [0.15, 0.2) is 11.1 Å². The summed E-state index contributed by atoms with van der Waals surface area (Å²) in [6.07, 6.45) is 4.32. The molecule has 5 heteroatoms. The molecule has 0 unspecified atom stereocenters. The van der Waals surface area contributed by atoms with Crippen molar-refractivity contribution in [2.24, 2.45) is 5.92 Å². The number of carbonyl (C=O) groups excluding carboxylic acids is 1. The molecule has 0 amide bonds. The number of hydrogen-bond acceptors (Lipinski definition) is 5. The number of carbonyl (C=O) groups is 1. The Morgan fingerprint density at radius 2 is 1.84 bits per heavy atom. The van der Waals surface area contributed by atoms with E-state index in [9.17, 15) is 15.0 Å². The smallest absolute Gasteiger partial charge is 0.334 e. The van der Waals surface area contributed by atoms with Crippen LogP contribution in [0.2, 0.25) is 0 Å². The summed E-state index contributed by atoms with van der Waals surface area (Å²) in [6, 6.07) is 0. The number of fused-ring (bicyclic) bond motifs is 3. The van der Waals surface area contributed by atoms with E-state index in [-0.39, 0.29) is 24.3 Å². The fraction of sp³-hybridized carbons (Fsp3) is 0.850. The van der Waals surface area contributed by atoms with Gasteiger partial charge in [0.05, 0.1) is 23.4 Å². The van der Waals surface area contributed by atoms with Crippen LogP contribution in [0.5, 0.6) is 0 Å². The van der Waals surface area contributed by atoms with Crippen molar-refractivity contribution >= 4 is 5.97 Å². The van der Waals surface area contributed by atoms with Crippen molar-refractivity contribution in [3.8, 4) is 0 Å². The molecule has 0 aromatic rings. The third kappa shape index (κ3) is 3.93. The van der Waals surface area contributed by atoms with Gasteiger partial charge in [0.15, 0.2) is 0 Å². The molecule has 2 saturated heterocycles. The summed E-state index contributed by atoms with van der Waals surface area (Å²) < 4.78 is 11.8. The average Bonchev–Trinajstić information content (AvgIpc) is 2.76. The van der Waals surface area contributed by atoms with Crippen molar-refractivity contribution < 1.29 is 24.5 Å². The predicted molar refractivity (Wildman–Crippen MR) is 94.0 cm³/mol. The first kappa shape index (κ1) is 18.9. The highest BCUT2D eigenvalue weighted by Gasteiger charge is 2.43. The van der Waals surface area contributed by atoms with Gasteiger partial charge in [0, 0.05) is 12.0 Å². The summed E-state index contributed by atoms with van der Waals surface area (Å²) in [5.41, 5.74) is -0.0666. The van der Waals surface area contributed by atoms with Crippen LogP contribution in [0.3, 0.4) is 0 Å². The molecule has 0 radical (unpaired) electrons. The largest absolute Gasteiger partial charge is 0.454 e. The molecule has 0 spiro atoms. The van der Waals surface area contributed by atoms with E-state index in [1.54, 1.807) is 6.92 Å². The fourth-order valence-corrected chi connectivity index (χ4v) is 4.51. The van der Waals surface area contributed by atoms with Crippen LogP contribution in [-0.2, 0) is 14.3 Å². The summed E-state index contributed by atoms with van der Waals surface area (Å²) in [6.45, 7) is 7.64. The molecule has 0 aromatic heterocycles. The molecule has 0 aliphatic carbocycles. The zero-order chi connectivity index (χ0) is 18.4. The maximum Gasteiger partial charge on any atom is 0.334 e. The van der Waals surface area contributed by atoms with Gasteiger partial charge in [0.25, 0.3) is 0 Å². The standard InChI is InChI=1S/C20H32O5/c1-12-5-6-14-13(2)18(21)25-16(14)11-19(3,22)9-8-17-20(4,23)10-7-15(12)24-17/h12,15-17,22-23H,5-11H2,1-4H3/t12-,15+,16-,17+,19+,20+/m0/s1. The van der Waals surface area contributed by atoms with Gasteiger partial charge in [0.1, 0.15) is 6.10 Å². The van der Waals surface area contributed by atoms with Crippen molar-refractivity contribution in [2.45, 2.75) is 102 Å². The van der Waals surface area contributed by atoms with Crippen molar-refractivity contribution in [1.82, 2.24) is 0 Å². The molecule has 5 nitrogen and oxygen atoms in total. The van der Waals surface area contributed by atoms with Gasteiger partial charge in [-0.25, -0.2) is 4.79 Å². The highest BCUT2D eigenvalue weighted by molar-refractivity contribution is 5.91. The summed E-state index contributed by atoms with van der Waals surface area (Å²) >= 11 is 0. The molecular weight excluding hydrogens is 320 g/mol. The van der Waals surface area contributed by atoms with Gasteiger partial charge < -0.3 is 19.7 Å². The lowest BCUT2D eigenvalue weighted by molar-refractivity contribution is -0.186. The van der Waals surface area contributed by atoms with E-state index < -0.39 is 11.2 Å². The normalized spacial score (nSPS) is 46.1. The van der Waals surface area contributed by atoms with Crippen LogP contribution in [0.1, 0.15) is 72.6 Å². The summed E-state index contributed by atoms with van der Waals surface area (Å²) in [4.78, 5) is 12.0. The quantitative estimate of drug-likeness (QED) is 0.656.